The van der Waals surface area contributed by atoms with E-state index < -0.39 is 0 Å². The first kappa shape index (κ1) is 20.0. The summed E-state index contributed by atoms with van der Waals surface area (Å²) in [7, 11) is 3.64. The van der Waals surface area contributed by atoms with Gasteiger partial charge in [0.25, 0.3) is 0 Å². The Morgan fingerprint density at radius 1 is 1.22 bits per heavy atom. The summed E-state index contributed by atoms with van der Waals surface area (Å²) in [4.78, 5) is 4.17. The van der Waals surface area contributed by atoms with Crippen molar-refractivity contribution >= 4 is 53.1 Å². The van der Waals surface area contributed by atoms with Crippen LogP contribution >= 0.6 is 47.2 Å². The normalized spacial score (nSPS) is 11.1. The van der Waals surface area contributed by atoms with E-state index in [1.807, 2.05) is 30.7 Å². The molecule has 0 saturated heterocycles. The van der Waals surface area contributed by atoms with E-state index in [-0.39, 0.29) is 24.0 Å². The van der Waals surface area contributed by atoms with Crippen molar-refractivity contribution in [2.24, 2.45) is 12.0 Å². The molecule has 2 rings (SSSR count). The quantitative estimate of drug-likeness (QED) is 0.411. The summed E-state index contributed by atoms with van der Waals surface area (Å²) in [6.07, 6.45) is 0. The lowest BCUT2D eigenvalue weighted by Gasteiger charge is -2.12. The highest BCUT2D eigenvalue weighted by molar-refractivity contribution is 14.0. The van der Waals surface area contributed by atoms with Gasteiger partial charge in [0.15, 0.2) is 11.8 Å². The van der Waals surface area contributed by atoms with Gasteiger partial charge >= 0.3 is 0 Å². The van der Waals surface area contributed by atoms with Gasteiger partial charge < -0.3 is 15.2 Å². The number of hydrogen-bond acceptors (Lipinski definition) is 3. The van der Waals surface area contributed by atoms with E-state index in [9.17, 15) is 0 Å². The largest absolute Gasteiger partial charge is 0.352 e. The van der Waals surface area contributed by atoms with Gasteiger partial charge in [0, 0.05) is 30.7 Å². The molecule has 0 aliphatic carbocycles. The van der Waals surface area contributed by atoms with Gasteiger partial charge in [-0.05, 0) is 24.6 Å². The van der Waals surface area contributed by atoms with Crippen LogP contribution in [0.5, 0.6) is 0 Å². The Kier molecular flexibility index (Phi) is 8.07. The van der Waals surface area contributed by atoms with Crippen molar-refractivity contribution < 1.29 is 0 Å². The van der Waals surface area contributed by atoms with Crippen LogP contribution in [0, 0.1) is 6.92 Å². The molecule has 126 valence electrons. The van der Waals surface area contributed by atoms with Crippen LogP contribution in [0.2, 0.25) is 10.0 Å². The molecule has 0 aliphatic heterocycles. The highest BCUT2D eigenvalue weighted by Gasteiger charge is 2.07. The van der Waals surface area contributed by atoms with Gasteiger partial charge in [-0.15, -0.1) is 34.2 Å². The number of nitrogens with one attached hydrogen (secondary N) is 2. The second-order valence-electron chi connectivity index (χ2n) is 4.74. The van der Waals surface area contributed by atoms with Gasteiger partial charge in [-0.25, -0.2) is 0 Å². The fourth-order valence-electron chi connectivity index (χ4n) is 1.83. The van der Waals surface area contributed by atoms with Crippen LogP contribution in [-0.2, 0) is 20.1 Å². The van der Waals surface area contributed by atoms with Crippen LogP contribution in [0.15, 0.2) is 23.2 Å². The Morgan fingerprint density at radius 2 is 1.91 bits per heavy atom. The van der Waals surface area contributed by atoms with Crippen molar-refractivity contribution in [3.05, 3.63) is 45.5 Å². The van der Waals surface area contributed by atoms with Crippen molar-refractivity contribution in [3.8, 4) is 0 Å². The number of rotatable bonds is 4. The average Bonchev–Trinajstić information content (AvgIpc) is 2.81. The molecule has 0 fully saturated rings. The number of aromatic nitrogens is 3. The third-order valence-corrected chi connectivity index (χ3v) is 3.87. The van der Waals surface area contributed by atoms with Crippen LogP contribution in [0.25, 0.3) is 0 Å². The van der Waals surface area contributed by atoms with Crippen molar-refractivity contribution in [3.63, 3.8) is 0 Å². The molecule has 0 saturated carbocycles. The monoisotopic (exact) mass is 468 g/mol. The van der Waals surface area contributed by atoms with Gasteiger partial charge in [-0.1, -0.05) is 29.3 Å². The number of nitrogens with zero attached hydrogens (tertiary/aromatic N) is 4. The number of aliphatic imine (C=N–C) groups is 1. The number of hydrogen-bond donors (Lipinski definition) is 2. The summed E-state index contributed by atoms with van der Waals surface area (Å²) in [5, 5.41) is 15.7. The predicted molar refractivity (Wildman–Crippen MR) is 105 cm³/mol. The molecule has 1 aromatic carbocycles. The van der Waals surface area contributed by atoms with Gasteiger partial charge in [0.2, 0.25) is 0 Å². The Labute approximate surface area is 162 Å². The molecule has 6 nitrogen and oxygen atoms in total. The van der Waals surface area contributed by atoms with Gasteiger partial charge in [-0.2, -0.15) is 0 Å². The second-order valence-corrected chi connectivity index (χ2v) is 5.58. The number of benzene rings is 1. The molecule has 0 unspecified atom stereocenters. The number of aryl methyl sites for hydroxylation is 1. The van der Waals surface area contributed by atoms with Crippen LogP contribution in [0.4, 0.5) is 0 Å². The molecular weight excluding hydrogens is 450 g/mol. The number of guanidine groups is 1. The Morgan fingerprint density at radius 3 is 2.48 bits per heavy atom. The zero-order chi connectivity index (χ0) is 16.1. The minimum absolute atomic E-state index is 0. The Hall–Kier alpha value is -1.06. The summed E-state index contributed by atoms with van der Waals surface area (Å²) in [6, 6.07) is 5.42. The van der Waals surface area contributed by atoms with E-state index in [0.717, 1.165) is 17.2 Å². The molecule has 9 heteroatoms. The summed E-state index contributed by atoms with van der Waals surface area (Å²) in [6.45, 7) is 2.99. The smallest absolute Gasteiger partial charge is 0.191 e. The molecule has 2 aromatic rings. The SMILES string of the molecule is CN=C(NCc1ccc(Cl)cc1Cl)NCc1nnc(C)n1C.I. The molecule has 1 aromatic heterocycles. The fourth-order valence-corrected chi connectivity index (χ4v) is 2.31. The third kappa shape index (κ3) is 5.50. The van der Waals surface area contributed by atoms with E-state index in [1.165, 1.54) is 0 Å². The summed E-state index contributed by atoms with van der Waals surface area (Å²) >= 11 is 12.0. The maximum atomic E-state index is 6.15. The molecule has 1 heterocycles. The Bertz CT molecular complexity index is 686. The van der Waals surface area contributed by atoms with Crippen LogP contribution in [0.3, 0.4) is 0 Å². The summed E-state index contributed by atoms with van der Waals surface area (Å²) < 4.78 is 1.93. The molecule has 0 bridgehead atoms. The summed E-state index contributed by atoms with van der Waals surface area (Å²) in [5.41, 5.74) is 0.948. The molecule has 0 atom stereocenters. The minimum atomic E-state index is 0. The van der Waals surface area contributed by atoms with E-state index in [4.69, 9.17) is 23.2 Å². The standard InChI is InChI=1S/C14H18Cl2N6.HI/c1-9-20-21-13(22(9)3)8-19-14(17-2)18-7-10-4-5-11(15)6-12(10)16;/h4-6H,7-8H2,1-3H3,(H2,17,18,19);1H. The lowest BCUT2D eigenvalue weighted by atomic mass is 10.2. The molecule has 23 heavy (non-hydrogen) atoms. The maximum absolute atomic E-state index is 6.15. The van der Waals surface area contributed by atoms with Crippen molar-refractivity contribution in [1.82, 2.24) is 25.4 Å². The van der Waals surface area contributed by atoms with Gasteiger partial charge in [-0.3, -0.25) is 4.99 Å². The first-order valence-electron chi connectivity index (χ1n) is 6.74. The molecule has 0 aliphatic rings. The average molecular weight is 469 g/mol. The topological polar surface area (TPSA) is 67.1 Å². The molecule has 0 spiro atoms. The van der Waals surface area contributed by atoms with Crippen molar-refractivity contribution in [1.29, 1.82) is 0 Å². The van der Waals surface area contributed by atoms with E-state index in [1.54, 1.807) is 13.1 Å². The maximum Gasteiger partial charge on any atom is 0.191 e. The lowest BCUT2D eigenvalue weighted by molar-refractivity contribution is 0.717. The highest BCUT2D eigenvalue weighted by atomic mass is 127. The fraction of sp³-hybridized carbons (Fsp3) is 0.357. The first-order valence-corrected chi connectivity index (χ1v) is 7.50. The molecule has 0 amide bonds. The van der Waals surface area contributed by atoms with Crippen LogP contribution in [0.1, 0.15) is 17.2 Å². The highest BCUT2D eigenvalue weighted by Crippen LogP contribution is 2.20. The zero-order valence-corrected chi connectivity index (χ0v) is 16.9. The summed E-state index contributed by atoms with van der Waals surface area (Å²) in [5.74, 6) is 2.37. The zero-order valence-electron chi connectivity index (χ0n) is 13.1. The lowest BCUT2D eigenvalue weighted by Crippen LogP contribution is -2.37. The van der Waals surface area contributed by atoms with E-state index in [0.29, 0.717) is 29.1 Å². The van der Waals surface area contributed by atoms with E-state index in [2.05, 4.69) is 25.8 Å². The molecule has 2 N–H and O–H groups in total. The van der Waals surface area contributed by atoms with Crippen LogP contribution < -0.4 is 10.6 Å². The Balaban J connectivity index is 0.00000264. The van der Waals surface area contributed by atoms with Crippen molar-refractivity contribution in [2.45, 2.75) is 20.0 Å². The first-order chi connectivity index (χ1) is 10.5. The van der Waals surface area contributed by atoms with Gasteiger partial charge in [0.05, 0.1) is 6.54 Å². The number of halogens is 3. The third-order valence-electron chi connectivity index (χ3n) is 3.28. The van der Waals surface area contributed by atoms with Crippen molar-refractivity contribution in [2.75, 3.05) is 7.05 Å². The molecular formula is C14H19Cl2IN6. The second kappa shape index (κ2) is 9.29. The minimum Gasteiger partial charge on any atom is -0.352 e. The van der Waals surface area contributed by atoms with Crippen LogP contribution in [-0.4, -0.2) is 27.8 Å². The van der Waals surface area contributed by atoms with E-state index >= 15 is 0 Å². The van der Waals surface area contributed by atoms with Gasteiger partial charge in [0.1, 0.15) is 5.82 Å². The predicted octanol–water partition coefficient (Wildman–Crippen LogP) is 2.91. The molecule has 0 radical (unpaired) electrons.